The Morgan fingerprint density at radius 2 is 1.65 bits per heavy atom. The predicted octanol–water partition coefficient (Wildman–Crippen LogP) is 5.37. The molecule has 0 aliphatic carbocycles. The van der Waals surface area contributed by atoms with Crippen LogP contribution in [0.1, 0.15) is 35.7 Å². The first-order chi connectivity index (χ1) is 9.47. The fourth-order valence-electron chi connectivity index (χ4n) is 1.99. The van der Waals surface area contributed by atoms with Crippen molar-refractivity contribution in [1.29, 1.82) is 0 Å². The molecule has 0 atom stereocenters. The minimum Gasteiger partial charge on any atom is -0.322 e. The summed E-state index contributed by atoms with van der Waals surface area (Å²) < 4.78 is 0. The zero-order valence-electron chi connectivity index (χ0n) is 11.3. The standard InChI is InChI=1S/C16H15Cl2NO/c1-10(2)14-5-3-4-6-15(14)19-16(20)11-7-12(17)9-13(18)8-11/h3-10H,1-2H3,(H,19,20). The lowest BCUT2D eigenvalue weighted by Gasteiger charge is -2.13. The van der Waals surface area contributed by atoms with Crippen LogP contribution in [-0.2, 0) is 0 Å². The first kappa shape index (κ1) is 14.9. The summed E-state index contributed by atoms with van der Waals surface area (Å²) in [5, 5.41) is 3.79. The Kier molecular flexibility index (Phi) is 4.69. The number of hydrogen-bond donors (Lipinski definition) is 1. The molecule has 0 spiro atoms. The molecule has 1 N–H and O–H groups in total. The number of carbonyl (C=O) groups is 1. The molecule has 2 rings (SSSR count). The van der Waals surface area contributed by atoms with Gasteiger partial charge in [0.2, 0.25) is 0 Å². The Bertz CT molecular complexity index is 618. The molecule has 0 heterocycles. The third kappa shape index (κ3) is 3.53. The summed E-state index contributed by atoms with van der Waals surface area (Å²) in [5.74, 6) is 0.108. The molecule has 20 heavy (non-hydrogen) atoms. The highest BCUT2D eigenvalue weighted by atomic mass is 35.5. The van der Waals surface area contributed by atoms with E-state index in [4.69, 9.17) is 23.2 Å². The van der Waals surface area contributed by atoms with Gasteiger partial charge in [-0.3, -0.25) is 4.79 Å². The van der Waals surface area contributed by atoms with Crippen molar-refractivity contribution in [3.63, 3.8) is 0 Å². The molecular weight excluding hydrogens is 293 g/mol. The van der Waals surface area contributed by atoms with E-state index in [0.717, 1.165) is 11.3 Å². The number of carbonyl (C=O) groups excluding carboxylic acids is 1. The zero-order chi connectivity index (χ0) is 14.7. The van der Waals surface area contributed by atoms with E-state index in [1.807, 2.05) is 24.3 Å². The van der Waals surface area contributed by atoms with Gasteiger partial charge in [-0.1, -0.05) is 55.2 Å². The molecule has 2 aromatic rings. The van der Waals surface area contributed by atoms with E-state index in [1.165, 1.54) is 0 Å². The molecule has 0 bridgehead atoms. The summed E-state index contributed by atoms with van der Waals surface area (Å²) in [5.41, 5.74) is 2.35. The minimum absolute atomic E-state index is 0.220. The normalized spacial score (nSPS) is 10.7. The molecule has 0 aliphatic rings. The van der Waals surface area contributed by atoms with E-state index in [9.17, 15) is 4.79 Å². The Labute approximate surface area is 128 Å². The summed E-state index contributed by atoms with van der Waals surface area (Å²) in [6.45, 7) is 4.17. The Morgan fingerprint density at radius 1 is 1.05 bits per heavy atom. The van der Waals surface area contributed by atoms with Crippen LogP contribution in [0.5, 0.6) is 0 Å². The molecular formula is C16H15Cl2NO. The first-order valence-corrected chi connectivity index (χ1v) is 7.09. The molecule has 2 aromatic carbocycles. The van der Waals surface area contributed by atoms with Crippen LogP contribution >= 0.6 is 23.2 Å². The van der Waals surface area contributed by atoms with E-state index in [0.29, 0.717) is 21.5 Å². The van der Waals surface area contributed by atoms with E-state index in [2.05, 4.69) is 19.2 Å². The molecule has 1 amide bonds. The van der Waals surface area contributed by atoms with Gasteiger partial charge < -0.3 is 5.32 Å². The van der Waals surface area contributed by atoms with Crippen molar-refractivity contribution in [2.24, 2.45) is 0 Å². The molecule has 0 aliphatic heterocycles. The van der Waals surface area contributed by atoms with Crippen LogP contribution < -0.4 is 5.32 Å². The van der Waals surface area contributed by atoms with Crippen molar-refractivity contribution in [3.8, 4) is 0 Å². The lowest BCUT2D eigenvalue weighted by atomic mass is 10.0. The van der Waals surface area contributed by atoms with Crippen LogP contribution in [0.15, 0.2) is 42.5 Å². The number of rotatable bonds is 3. The quantitative estimate of drug-likeness (QED) is 0.811. The highest BCUT2D eigenvalue weighted by molar-refractivity contribution is 6.35. The third-order valence-electron chi connectivity index (χ3n) is 2.96. The average molecular weight is 308 g/mol. The average Bonchev–Trinajstić information content (AvgIpc) is 2.37. The van der Waals surface area contributed by atoms with Gasteiger partial charge >= 0.3 is 0 Å². The van der Waals surface area contributed by atoms with Gasteiger partial charge in [0.15, 0.2) is 0 Å². The van der Waals surface area contributed by atoms with E-state index in [1.54, 1.807) is 18.2 Å². The lowest BCUT2D eigenvalue weighted by Crippen LogP contribution is -2.13. The topological polar surface area (TPSA) is 29.1 Å². The SMILES string of the molecule is CC(C)c1ccccc1NC(=O)c1cc(Cl)cc(Cl)c1. The van der Waals surface area contributed by atoms with Gasteiger partial charge in [-0.25, -0.2) is 0 Å². The number of halogens is 2. The maximum atomic E-state index is 12.3. The molecule has 0 radical (unpaired) electrons. The van der Waals surface area contributed by atoms with Gasteiger partial charge in [0.25, 0.3) is 5.91 Å². The molecule has 0 aromatic heterocycles. The second-order valence-corrected chi connectivity index (χ2v) is 5.73. The van der Waals surface area contributed by atoms with Crippen molar-refractivity contribution in [3.05, 3.63) is 63.6 Å². The largest absolute Gasteiger partial charge is 0.322 e. The second kappa shape index (κ2) is 6.29. The van der Waals surface area contributed by atoms with E-state index >= 15 is 0 Å². The fraction of sp³-hybridized carbons (Fsp3) is 0.188. The van der Waals surface area contributed by atoms with Gasteiger partial charge in [-0.15, -0.1) is 0 Å². The monoisotopic (exact) mass is 307 g/mol. The van der Waals surface area contributed by atoms with Crippen molar-refractivity contribution in [1.82, 2.24) is 0 Å². The third-order valence-corrected chi connectivity index (χ3v) is 3.39. The highest BCUT2D eigenvalue weighted by Gasteiger charge is 2.12. The van der Waals surface area contributed by atoms with Crippen molar-refractivity contribution < 1.29 is 4.79 Å². The smallest absolute Gasteiger partial charge is 0.255 e. The molecule has 4 heteroatoms. The molecule has 0 fully saturated rings. The van der Waals surface area contributed by atoms with Crippen molar-refractivity contribution >= 4 is 34.8 Å². The maximum absolute atomic E-state index is 12.3. The van der Waals surface area contributed by atoms with Crippen LogP contribution in [-0.4, -0.2) is 5.91 Å². The van der Waals surface area contributed by atoms with Gasteiger partial charge in [0.05, 0.1) is 0 Å². The molecule has 2 nitrogen and oxygen atoms in total. The zero-order valence-corrected chi connectivity index (χ0v) is 12.8. The molecule has 104 valence electrons. The lowest BCUT2D eigenvalue weighted by molar-refractivity contribution is 0.102. The summed E-state index contributed by atoms with van der Waals surface area (Å²) in [6.07, 6.45) is 0. The Hall–Kier alpha value is -1.51. The van der Waals surface area contributed by atoms with Gasteiger partial charge in [0, 0.05) is 21.3 Å². The van der Waals surface area contributed by atoms with Crippen molar-refractivity contribution in [2.75, 3.05) is 5.32 Å². The number of anilines is 1. The predicted molar refractivity (Wildman–Crippen MR) is 84.9 cm³/mol. The van der Waals surface area contributed by atoms with E-state index < -0.39 is 0 Å². The Morgan fingerprint density at radius 3 is 2.25 bits per heavy atom. The second-order valence-electron chi connectivity index (χ2n) is 4.85. The van der Waals surface area contributed by atoms with Gasteiger partial charge in [-0.05, 0) is 35.7 Å². The van der Waals surface area contributed by atoms with E-state index in [-0.39, 0.29) is 5.91 Å². The molecule has 0 saturated carbocycles. The number of amides is 1. The minimum atomic E-state index is -0.220. The Balaban J connectivity index is 2.28. The summed E-state index contributed by atoms with van der Waals surface area (Å²) >= 11 is 11.8. The fourth-order valence-corrected chi connectivity index (χ4v) is 2.52. The number of hydrogen-bond acceptors (Lipinski definition) is 1. The van der Waals surface area contributed by atoms with Gasteiger partial charge in [0.1, 0.15) is 0 Å². The van der Waals surface area contributed by atoms with Crippen LogP contribution in [0.25, 0.3) is 0 Å². The summed E-state index contributed by atoms with van der Waals surface area (Å²) in [4.78, 5) is 12.3. The summed E-state index contributed by atoms with van der Waals surface area (Å²) in [6, 6.07) is 12.5. The first-order valence-electron chi connectivity index (χ1n) is 6.33. The number of para-hydroxylation sites is 1. The summed E-state index contributed by atoms with van der Waals surface area (Å²) in [7, 11) is 0. The highest BCUT2D eigenvalue weighted by Crippen LogP contribution is 2.25. The van der Waals surface area contributed by atoms with Gasteiger partial charge in [-0.2, -0.15) is 0 Å². The number of nitrogens with one attached hydrogen (secondary N) is 1. The van der Waals surface area contributed by atoms with Crippen LogP contribution in [0.3, 0.4) is 0 Å². The van der Waals surface area contributed by atoms with Crippen LogP contribution in [0.4, 0.5) is 5.69 Å². The maximum Gasteiger partial charge on any atom is 0.255 e. The van der Waals surface area contributed by atoms with Crippen molar-refractivity contribution in [2.45, 2.75) is 19.8 Å². The molecule has 0 unspecified atom stereocenters. The molecule has 0 saturated heterocycles. The van der Waals surface area contributed by atoms with Crippen LogP contribution in [0.2, 0.25) is 10.0 Å². The van der Waals surface area contributed by atoms with Crippen LogP contribution in [0, 0.1) is 0 Å². The number of benzene rings is 2.